The highest BCUT2D eigenvalue weighted by Gasteiger charge is 2.23. The number of benzene rings is 1. The Bertz CT molecular complexity index is 656. The lowest BCUT2D eigenvalue weighted by atomic mass is 9.99. The zero-order chi connectivity index (χ0) is 15.4. The molecule has 22 heavy (non-hydrogen) atoms. The van der Waals surface area contributed by atoms with Crippen LogP contribution in [0.4, 0.5) is 0 Å². The molecule has 1 aliphatic heterocycles. The van der Waals surface area contributed by atoms with E-state index in [-0.39, 0.29) is 11.8 Å². The first-order valence-corrected chi connectivity index (χ1v) is 7.93. The van der Waals surface area contributed by atoms with Gasteiger partial charge in [0.25, 0.3) is 0 Å². The summed E-state index contributed by atoms with van der Waals surface area (Å²) in [5.74, 6) is 1.13. The summed E-state index contributed by atoms with van der Waals surface area (Å²) in [5, 5.41) is 7.60. The van der Waals surface area contributed by atoms with Crippen LogP contribution in [-0.2, 0) is 17.6 Å². The monoisotopic (exact) mass is 319 g/mol. The maximum Gasteiger partial charge on any atom is 0.227 e. The molecule has 1 aliphatic rings. The third-order valence-corrected chi connectivity index (χ3v) is 4.26. The molecule has 0 radical (unpaired) electrons. The van der Waals surface area contributed by atoms with Crippen LogP contribution in [0.3, 0.4) is 0 Å². The SMILES string of the molecule is O=C1NCCCCC1Cc1nc(Cc2ccccc2Cl)no1. The van der Waals surface area contributed by atoms with Crippen molar-refractivity contribution in [2.75, 3.05) is 6.54 Å². The Morgan fingerprint density at radius 3 is 3.05 bits per heavy atom. The highest BCUT2D eigenvalue weighted by atomic mass is 35.5. The van der Waals surface area contributed by atoms with Crippen LogP contribution >= 0.6 is 11.6 Å². The standard InChI is InChI=1S/C16H18ClN3O2/c17-13-7-2-1-5-11(13)9-14-19-15(22-20-14)10-12-6-3-4-8-18-16(12)21/h1-2,5,7,12H,3-4,6,8-10H2,(H,18,21). The summed E-state index contributed by atoms with van der Waals surface area (Å²) < 4.78 is 5.28. The summed E-state index contributed by atoms with van der Waals surface area (Å²) in [6, 6.07) is 7.60. The topological polar surface area (TPSA) is 68.0 Å². The van der Waals surface area contributed by atoms with E-state index in [0.717, 1.165) is 31.4 Å². The number of nitrogens with zero attached hydrogens (tertiary/aromatic N) is 2. The van der Waals surface area contributed by atoms with E-state index in [1.807, 2.05) is 24.3 Å². The van der Waals surface area contributed by atoms with Crippen LogP contribution in [0.1, 0.15) is 36.5 Å². The van der Waals surface area contributed by atoms with Gasteiger partial charge in [-0.15, -0.1) is 0 Å². The van der Waals surface area contributed by atoms with Crippen molar-refractivity contribution >= 4 is 17.5 Å². The highest BCUT2D eigenvalue weighted by Crippen LogP contribution is 2.20. The average molecular weight is 320 g/mol. The van der Waals surface area contributed by atoms with Crippen molar-refractivity contribution in [3.8, 4) is 0 Å². The van der Waals surface area contributed by atoms with Crippen LogP contribution < -0.4 is 5.32 Å². The Morgan fingerprint density at radius 2 is 2.18 bits per heavy atom. The second-order valence-electron chi connectivity index (χ2n) is 5.56. The van der Waals surface area contributed by atoms with Gasteiger partial charge in [0.2, 0.25) is 11.8 Å². The van der Waals surface area contributed by atoms with Crippen molar-refractivity contribution in [2.45, 2.75) is 32.1 Å². The Kier molecular flexibility index (Phi) is 4.73. The second kappa shape index (κ2) is 6.92. The van der Waals surface area contributed by atoms with E-state index in [1.165, 1.54) is 0 Å². The summed E-state index contributed by atoms with van der Waals surface area (Å²) in [4.78, 5) is 16.3. The van der Waals surface area contributed by atoms with Gasteiger partial charge in [0.15, 0.2) is 5.82 Å². The summed E-state index contributed by atoms with van der Waals surface area (Å²) in [7, 11) is 0. The second-order valence-corrected chi connectivity index (χ2v) is 5.97. The highest BCUT2D eigenvalue weighted by molar-refractivity contribution is 6.31. The predicted molar refractivity (Wildman–Crippen MR) is 82.6 cm³/mol. The number of aromatic nitrogens is 2. The van der Waals surface area contributed by atoms with Crippen molar-refractivity contribution < 1.29 is 9.32 Å². The van der Waals surface area contributed by atoms with Gasteiger partial charge in [-0.25, -0.2) is 0 Å². The number of rotatable bonds is 4. The Labute approximate surface area is 134 Å². The minimum Gasteiger partial charge on any atom is -0.356 e. The molecule has 1 amide bonds. The molecule has 2 aromatic rings. The molecule has 0 bridgehead atoms. The Balaban J connectivity index is 1.66. The minimum absolute atomic E-state index is 0.0730. The molecule has 6 heteroatoms. The minimum atomic E-state index is -0.0730. The molecule has 1 atom stereocenters. The van der Waals surface area contributed by atoms with Crippen LogP contribution in [0.5, 0.6) is 0 Å². The van der Waals surface area contributed by atoms with Gasteiger partial charge in [-0.1, -0.05) is 41.4 Å². The molecule has 3 rings (SSSR count). The van der Waals surface area contributed by atoms with Crippen LogP contribution in [-0.4, -0.2) is 22.6 Å². The van der Waals surface area contributed by atoms with Crippen molar-refractivity contribution in [2.24, 2.45) is 5.92 Å². The van der Waals surface area contributed by atoms with Crippen LogP contribution in [0.25, 0.3) is 0 Å². The first kappa shape index (κ1) is 15.0. The molecule has 1 aromatic heterocycles. The molecule has 1 fully saturated rings. The third-order valence-electron chi connectivity index (χ3n) is 3.89. The number of nitrogens with one attached hydrogen (secondary N) is 1. The first-order chi connectivity index (χ1) is 10.7. The molecule has 0 spiro atoms. The van der Waals surface area contributed by atoms with Gasteiger partial charge in [0.05, 0.1) is 0 Å². The Hall–Kier alpha value is -1.88. The lowest BCUT2D eigenvalue weighted by molar-refractivity contribution is -0.124. The van der Waals surface area contributed by atoms with Crippen molar-refractivity contribution in [3.05, 3.63) is 46.6 Å². The van der Waals surface area contributed by atoms with Gasteiger partial charge in [0.1, 0.15) is 0 Å². The van der Waals surface area contributed by atoms with E-state index >= 15 is 0 Å². The van der Waals surface area contributed by atoms with Gasteiger partial charge in [-0.2, -0.15) is 4.98 Å². The zero-order valence-corrected chi connectivity index (χ0v) is 13.0. The molecular weight excluding hydrogens is 302 g/mol. The number of hydrogen-bond acceptors (Lipinski definition) is 4. The number of carbonyl (C=O) groups excluding carboxylic acids is 1. The molecule has 2 heterocycles. The lowest BCUT2D eigenvalue weighted by Gasteiger charge is -2.09. The predicted octanol–water partition coefficient (Wildman–Crippen LogP) is 2.77. The summed E-state index contributed by atoms with van der Waals surface area (Å²) in [6.07, 6.45) is 3.98. The van der Waals surface area contributed by atoms with E-state index in [1.54, 1.807) is 0 Å². The van der Waals surface area contributed by atoms with Gasteiger partial charge in [-0.05, 0) is 24.5 Å². The zero-order valence-electron chi connectivity index (χ0n) is 12.2. The molecule has 0 saturated carbocycles. The van der Waals surface area contributed by atoms with E-state index in [4.69, 9.17) is 16.1 Å². The Morgan fingerprint density at radius 1 is 1.32 bits per heavy atom. The van der Waals surface area contributed by atoms with Gasteiger partial charge in [-0.3, -0.25) is 4.79 Å². The number of amides is 1. The number of carbonyl (C=O) groups is 1. The fraction of sp³-hybridized carbons (Fsp3) is 0.438. The lowest BCUT2D eigenvalue weighted by Crippen LogP contribution is -2.30. The van der Waals surface area contributed by atoms with Crippen molar-refractivity contribution in [1.29, 1.82) is 0 Å². The van der Waals surface area contributed by atoms with Crippen LogP contribution in [0.15, 0.2) is 28.8 Å². The molecule has 1 saturated heterocycles. The smallest absolute Gasteiger partial charge is 0.227 e. The molecule has 1 unspecified atom stereocenters. The molecular formula is C16H18ClN3O2. The number of hydrogen-bond donors (Lipinski definition) is 1. The van der Waals surface area contributed by atoms with Crippen LogP contribution in [0.2, 0.25) is 5.02 Å². The third kappa shape index (κ3) is 3.65. The van der Waals surface area contributed by atoms with Gasteiger partial charge < -0.3 is 9.84 Å². The average Bonchev–Trinajstić information content (AvgIpc) is 2.85. The summed E-state index contributed by atoms with van der Waals surface area (Å²) >= 11 is 6.13. The van der Waals surface area contributed by atoms with E-state index < -0.39 is 0 Å². The molecule has 1 aromatic carbocycles. The summed E-state index contributed by atoms with van der Waals surface area (Å²) in [6.45, 7) is 0.761. The van der Waals surface area contributed by atoms with E-state index in [0.29, 0.717) is 29.6 Å². The molecule has 116 valence electrons. The van der Waals surface area contributed by atoms with Crippen molar-refractivity contribution in [3.63, 3.8) is 0 Å². The van der Waals surface area contributed by atoms with E-state index in [2.05, 4.69) is 15.5 Å². The molecule has 5 nitrogen and oxygen atoms in total. The maximum atomic E-state index is 11.9. The fourth-order valence-corrected chi connectivity index (χ4v) is 2.87. The summed E-state index contributed by atoms with van der Waals surface area (Å²) in [5.41, 5.74) is 0.962. The largest absolute Gasteiger partial charge is 0.356 e. The van der Waals surface area contributed by atoms with E-state index in [9.17, 15) is 4.79 Å². The number of halogens is 1. The van der Waals surface area contributed by atoms with Gasteiger partial charge >= 0.3 is 0 Å². The van der Waals surface area contributed by atoms with Crippen molar-refractivity contribution in [1.82, 2.24) is 15.5 Å². The molecule has 0 aliphatic carbocycles. The molecule has 1 N–H and O–H groups in total. The van der Waals surface area contributed by atoms with Gasteiger partial charge in [0, 0.05) is 30.3 Å². The fourth-order valence-electron chi connectivity index (χ4n) is 2.67. The van der Waals surface area contributed by atoms with Crippen LogP contribution in [0, 0.1) is 5.92 Å². The maximum absolute atomic E-state index is 11.9. The normalized spacial score (nSPS) is 18.8. The quantitative estimate of drug-likeness (QED) is 0.941. The first-order valence-electron chi connectivity index (χ1n) is 7.55.